The van der Waals surface area contributed by atoms with Crippen molar-refractivity contribution < 1.29 is 9.90 Å². The van der Waals surface area contributed by atoms with Crippen molar-refractivity contribution in [1.29, 1.82) is 0 Å². The highest BCUT2D eigenvalue weighted by Gasteiger charge is 2.29. The summed E-state index contributed by atoms with van der Waals surface area (Å²) in [7, 11) is 1.89. The van der Waals surface area contributed by atoms with Gasteiger partial charge in [0.1, 0.15) is 5.92 Å². The lowest BCUT2D eigenvalue weighted by atomic mass is 9.91. The molecule has 0 amide bonds. The molecular formula is C13H16N4O2S. The third kappa shape index (κ3) is 2.40. The van der Waals surface area contributed by atoms with Gasteiger partial charge in [0.15, 0.2) is 5.13 Å². The molecule has 0 saturated carbocycles. The Bertz CT molecular complexity index is 634. The van der Waals surface area contributed by atoms with Crippen LogP contribution < -0.4 is 5.32 Å². The van der Waals surface area contributed by atoms with E-state index in [0.717, 1.165) is 34.2 Å². The van der Waals surface area contributed by atoms with Crippen molar-refractivity contribution in [1.82, 2.24) is 14.8 Å². The van der Waals surface area contributed by atoms with Gasteiger partial charge in [-0.25, -0.2) is 4.98 Å². The molecule has 106 valence electrons. The van der Waals surface area contributed by atoms with E-state index in [1.807, 2.05) is 13.1 Å². The molecule has 0 radical (unpaired) electrons. The summed E-state index contributed by atoms with van der Waals surface area (Å²) >= 11 is 1.57. The van der Waals surface area contributed by atoms with E-state index in [1.165, 1.54) is 0 Å². The molecule has 2 N–H and O–H groups in total. The predicted molar refractivity (Wildman–Crippen MR) is 76.0 cm³/mol. The Morgan fingerprint density at radius 3 is 3.20 bits per heavy atom. The van der Waals surface area contributed by atoms with Crippen molar-refractivity contribution in [3.63, 3.8) is 0 Å². The highest BCUT2D eigenvalue weighted by atomic mass is 32.1. The van der Waals surface area contributed by atoms with E-state index >= 15 is 0 Å². The highest BCUT2D eigenvalue weighted by molar-refractivity contribution is 7.15. The van der Waals surface area contributed by atoms with Crippen LogP contribution in [0.1, 0.15) is 35.0 Å². The summed E-state index contributed by atoms with van der Waals surface area (Å²) in [6.45, 7) is 0.640. The number of rotatable bonds is 4. The van der Waals surface area contributed by atoms with Crippen molar-refractivity contribution in [3.8, 4) is 0 Å². The van der Waals surface area contributed by atoms with E-state index in [0.29, 0.717) is 13.0 Å². The molecule has 0 aliphatic heterocycles. The number of anilines is 1. The fourth-order valence-corrected chi connectivity index (χ4v) is 3.54. The zero-order valence-corrected chi connectivity index (χ0v) is 12.0. The van der Waals surface area contributed by atoms with Crippen LogP contribution in [0.25, 0.3) is 0 Å². The Balaban J connectivity index is 1.76. The molecule has 1 aliphatic rings. The van der Waals surface area contributed by atoms with Gasteiger partial charge in [0.25, 0.3) is 0 Å². The number of aliphatic carboxylic acids is 1. The third-order valence-electron chi connectivity index (χ3n) is 3.60. The minimum absolute atomic E-state index is 0.442. The topological polar surface area (TPSA) is 80.0 Å². The van der Waals surface area contributed by atoms with Crippen LogP contribution in [0.5, 0.6) is 0 Å². The maximum absolute atomic E-state index is 11.2. The SMILES string of the molecule is Cn1nccc1CNc1nc2c(s1)CCCC2C(=O)O. The first-order valence-corrected chi connectivity index (χ1v) is 7.40. The van der Waals surface area contributed by atoms with Gasteiger partial charge in [-0.05, 0) is 25.3 Å². The summed E-state index contributed by atoms with van der Waals surface area (Å²) in [6, 6.07) is 1.95. The number of thiazole rings is 1. The van der Waals surface area contributed by atoms with Crippen LogP contribution in [-0.4, -0.2) is 25.8 Å². The van der Waals surface area contributed by atoms with Crippen LogP contribution in [0, 0.1) is 0 Å². The molecule has 1 aliphatic carbocycles. The van der Waals surface area contributed by atoms with Crippen LogP contribution in [0.2, 0.25) is 0 Å². The average molecular weight is 292 g/mol. The highest BCUT2D eigenvalue weighted by Crippen LogP contribution is 2.36. The number of aromatic nitrogens is 3. The first-order valence-electron chi connectivity index (χ1n) is 6.58. The van der Waals surface area contributed by atoms with Crippen molar-refractivity contribution in [3.05, 3.63) is 28.5 Å². The number of carboxylic acid groups (broad SMARTS) is 1. The summed E-state index contributed by atoms with van der Waals surface area (Å²) in [5, 5.41) is 17.4. The van der Waals surface area contributed by atoms with E-state index in [4.69, 9.17) is 0 Å². The van der Waals surface area contributed by atoms with E-state index in [-0.39, 0.29) is 0 Å². The van der Waals surface area contributed by atoms with Crippen LogP contribution >= 0.6 is 11.3 Å². The largest absolute Gasteiger partial charge is 0.481 e. The Kier molecular flexibility index (Phi) is 3.43. The zero-order chi connectivity index (χ0) is 14.1. The number of nitrogens with one attached hydrogen (secondary N) is 1. The van der Waals surface area contributed by atoms with Gasteiger partial charge in [-0.3, -0.25) is 9.48 Å². The van der Waals surface area contributed by atoms with Gasteiger partial charge in [0, 0.05) is 18.1 Å². The lowest BCUT2D eigenvalue weighted by Gasteiger charge is -2.16. The molecular weight excluding hydrogens is 276 g/mol. The molecule has 2 aromatic rings. The Morgan fingerprint density at radius 1 is 1.65 bits per heavy atom. The Hall–Kier alpha value is -1.89. The van der Waals surface area contributed by atoms with Gasteiger partial charge >= 0.3 is 5.97 Å². The molecule has 0 spiro atoms. The number of hydrogen-bond donors (Lipinski definition) is 2. The lowest BCUT2D eigenvalue weighted by molar-refractivity contribution is -0.139. The zero-order valence-electron chi connectivity index (χ0n) is 11.2. The Labute approximate surface area is 120 Å². The molecule has 2 heterocycles. The summed E-state index contributed by atoms with van der Waals surface area (Å²) in [6.07, 6.45) is 4.30. The normalized spacial score (nSPS) is 17.8. The summed E-state index contributed by atoms with van der Waals surface area (Å²) in [5.41, 5.74) is 1.81. The molecule has 3 rings (SSSR count). The minimum atomic E-state index is -0.769. The molecule has 20 heavy (non-hydrogen) atoms. The van der Waals surface area contributed by atoms with Gasteiger partial charge in [0.05, 0.1) is 17.9 Å². The molecule has 7 heteroatoms. The second kappa shape index (κ2) is 5.24. The summed E-state index contributed by atoms with van der Waals surface area (Å²) in [4.78, 5) is 16.8. The van der Waals surface area contributed by atoms with Gasteiger partial charge in [-0.2, -0.15) is 5.10 Å². The summed E-state index contributed by atoms with van der Waals surface area (Å²) < 4.78 is 1.81. The molecule has 1 unspecified atom stereocenters. The minimum Gasteiger partial charge on any atom is -0.481 e. The first kappa shape index (κ1) is 13.1. The van der Waals surface area contributed by atoms with Crippen molar-refractivity contribution in [2.75, 3.05) is 5.32 Å². The van der Waals surface area contributed by atoms with Crippen LogP contribution in [0.3, 0.4) is 0 Å². The molecule has 6 nitrogen and oxygen atoms in total. The average Bonchev–Trinajstić information content (AvgIpc) is 3.01. The van der Waals surface area contributed by atoms with Gasteiger partial charge in [0.2, 0.25) is 0 Å². The van der Waals surface area contributed by atoms with Crippen LogP contribution in [0.15, 0.2) is 12.3 Å². The van der Waals surface area contributed by atoms with E-state index in [1.54, 1.807) is 22.2 Å². The maximum atomic E-state index is 11.2. The van der Waals surface area contributed by atoms with Crippen LogP contribution in [0.4, 0.5) is 5.13 Å². The number of nitrogens with zero attached hydrogens (tertiary/aromatic N) is 3. The molecule has 0 saturated heterocycles. The molecule has 0 bridgehead atoms. The summed E-state index contributed by atoms with van der Waals surface area (Å²) in [5.74, 6) is -1.21. The maximum Gasteiger partial charge on any atom is 0.312 e. The predicted octanol–water partition coefficient (Wildman–Crippen LogP) is 1.99. The van der Waals surface area contributed by atoms with Crippen molar-refractivity contribution in [2.24, 2.45) is 7.05 Å². The fraction of sp³-hybridized carbons (Fsp3) is 0.462. The lowest BCUT2D eigenvalue weighted by Crippen LogP contribution is -2.17. The molecule has 0 fully saturated rings. The third-order valence-corrected chi connectivity index (χ3v) is 4.68. The van der Waals surface area contributed by atoms with Gasteiger partial charge in [-0.1, -0.05) is 0 Å². The first-order chi connectivity index (χ1) is 9.65. The van der Waals surface area contributed by atoms with Crippen molar-refractivity contribution in [2.45, 2.75) is 31.7 Å². The quantitative estimate of drug-likeness (QED) is 0.901. The Morgan fingerprint density at radius 2 is 2.50 bits per heavy atom. The van der Waals surface area contributed by atoms with E-state index in [9.17, 15) is 9.90 Å². The number of fused-ring (bicyclic) bond motifs is 1. The second-order valence-corrected chi connectivity index (χ2v) is 5.99. The second-order valence-electron chi connectivity index (χ2n) is 4.91. The van der Waals surface area contributed by atoms with E-state index < -0.39 is 11.9 Å². The molecule has 1 atom stereocenters. The molecule has 0 aromatic carbocycles. The van der Waals surface area contributed by atoms with Crippen LogP contribution in [-0.2, 0) is 24.8 Å². The number of aryl methyl sites for hydroxylation is 2. The van der Waals surface area contributed by atoms with Gasteiger partial charge < -0.3 is 10.4 Å². The molecule has 2 aromatic heterocycles. The van der Waals surface area contributed by atoms with Gasteiger partial charge in [-0.15, -0.1) is 11.3 Å². The van der Waals surface area contributed by atoms with E-state index in [2.05, 4.69) is 15.4 Å². The fourth-order valence-electron chi connectivity index (χ4n) is 2.48. The number of hydrogen-bond acceptors (Lipinski definition) is 5. The standard InChI is InChI=1S/C13H16N4O2S/c1-17-8(5-6-15-17)7-14-13-16-11-9(12(18)19)3-2-4-10(11)20-13/h5-6,9H,2-4,7H2,1H3,(H,14,16)(H,18,19). The smallest absolute Gasteiger partial charge is 0.312 e. The number of carboxylic acids is 1. The number of carbonyl (C=O) groups is 1. The van der Waals surface area contributed by atoms with Crippen molar-refractivity contribution >= 4 is 22.4 Å². The monoisotopic (exact) mass is 292 g/mol.